The van der Waals surface area contributed by atoms with Crippen molar-refractivity contribution in [2.75, 3.05) is 19.2 Å². The van der Waals surface area contributed by atoms with Crippen molar-refractivity contribution < 1.29 is 28.5 Å². The predicted octanol–water partition coefficient (Wildman–Crippen LogP) is 3.89. The van der Waals surface area contributed by atoms with Crippen LogP contribution in [0.2, 0.25) is 5.02 Å². The zero-order valence-electron chi connectivity index (χ0n) is 16.4. The lowest BCUT2D eigenvalue weighted by molar-refractivity contribution is -0.153. The number of halogens is 1. The summed E-state index contributed by atoms with van der Waals surface area (Å²) in [6.07, 6.45) is -0.353. The molecule has 8 heteroatoms. The number of ether oxygens (including phenoxy) is 4. The summed E-state index contributed by atoms with van der Waals surface area (Å²) in [4.78, 5) is 24.5. The van der Waals surface area contributed by atoms with E-state index in [-0.39, 0.29) is 13.2 Å². The fraction of sp³-hybridized carbons (Fsp3) is 0.333. The number of anilines is 1. The van der Waals surface area contributed by atoms with E-state index in [1.165, 1.54) is 14.0 Å². The second kappa shape index (κ2) is 9.05. The minimum absolute atomic E-state index is 0.140. The van der Waals surface area contributed by atoms with E-state index in [1.807, 2.05) is 19.1 Å². The molecule has 1 aliphatic heterocycles. The highest BCUT2D eigenvalue weighted by Gasteiger charge is 2.20. The van der Waals surface area contributed by atoms with Crippen molar-refractivity contribution in [2.24, 2.45) is 0 Å². The summed E-state index contributed by atoms with van der Waals surface area (Å²) in [5.74, 6) is 0.853. The van der Waals surface area contributed by atoms with E-state index >= 15 is 0 Å². The normalized spacial score (nSPS) is 13.0. The van der Waals surface area contributed by atoms with Crippen molar-refractivity contribution in [3.05, 3.63) is 46.5 Å². The van der Waals surface area contributed by atoms with Crippen LogP contribution in [0.5, 0.6) is 17.2 Å². The third-order valence-corrected chi connectivity index (χ3v) is 4.88. The molecule has 0 saturated carbocycles. The van der Waals surface area contributed by atoms with Gasteiger partial charge in [0, 0.05) is 17.5 Å². The molecule has 1 amide bonds. The van der Waals surface area contributed by atoms with Crippen molar-refractivity contribution in [1.29, 1.82) is 0 Å². The van der Waals surface area contributed by atoms with Crippen LogP contribution in [0.1, 0.15) is 24.5 Å². The summed E-state index contributed by atoms with van der Waals surface area (Å²) in [5.41, 5.74) is 2.17. The van der Waals surface area contributed by atoms with Crippen molar-refractivity contribution in [3.63, 3.8) is 0 Å². The highest BCUT2D eigenvalue weighted by molar-refractivity contribution is 6.31. The average molecular weight is 420 g/mol. The molecule has 3 rings (SSSR count). The molecule has 0 saturated heterocycles. The predicted molar refractivity (Wildman–Crippen MR) is 108 cm³/mol. The first-order valence-electron chi connectivity index (χ1n) is 9.10. The van der Waals surface area contributed by atoms with Gasteiger partial charge in [-0.05, 0) is 49.6 Å². The maximum absolute atomic E-state index is 12.4. The van der Waals surface area contributed by atoms with Crippen LogP contribution in [0.15, 0.2) is 30.3 Å². The molecule has 1 aliphatic rings. The van der Waals surface area contributed by atoms with Gasteiger partial charge in [-0.2, -0.15) is 0 Å². The van der Waals surface area contributed by atoms with E-state index < -0.39 is 18.0 Å². The average Bonchev–Trinajstić information content (AvgIpc) is 3.16. The molecule has 1 N–H and O–H groups in total. The van der Waals surface area contributed by atoms with Crippen LogP contribution in [-0.2, 0) is 20.7 Å². The van der Waals surface area contributed by atoms with Crippen LogP contribution in [0, 0.1) is 6.92 Å². The van der Waals surface area contributed by atoms with Gasteiger partial charge >= 0.3 is 5.97 Å². The van der Waals surface area contributed by atoms with Crippen LogP contribution in [-0.4, -0.2) is 31.9 Å². The second-order valence-corrected chi connectivity index (χ2v) is 7.02. The molecule has 0 spiro atoms. The molecule has 1 heterocycles. The molecule has 1 atom stereocenters. The Kier molecular flexibility index (Phi) is 6.49. The van der Waals surface area contributed by atoms with Gasteiger partial charge in [-0.25, -0.2) is 0 Å². The van der Waals surface area contributed by atoms with Crippen molar-refractivity contribution in [1.82, 2.24) is 0 Å². The van der Waals surface area contributed by atoms with E-state index in [0.29, 0.717) is 34.4 Å². The molecular formula is C21H22ClNO6. The highest BCUT2D eigenvalue weighted by Crippen LogP contribution is 2.33. The van der Waals surface area contributed by atoms with Gasteiger partial charge in [0.05, 0.1) is 12.8 Å². The van der Waals surface area contributed by atoms with E-state index in [2.05, 4.69) is 5.32 Å². The Morgan fingerprint density at radius 1 is 1.21 bits per heavy atom. The number of carbonyl (C=O) groups excluding carboxylic acids is 2. The van der Waals surface area contributed by atoms with Crippen LogP contribution in [0.3, 0.4) is 0 Å². The molecule has 0 fully saturated rings. The molecule has 7 nitrogen and oxygen atoms in total. The van der Waals surface area contributed by atoms with Gasteiger partial charge in [0.1, 0.15) is 5.75 Å². The maximum atomic E-state index is 12.4. The largest absolute Gasteiger partial charge is 0.495 e. The fourth-order valence-electron chi connectivity index (χ4n) is 2.82. The quantitative estimate of drug-likeness (QED) is 0.685. The minimum atomic E-state index is -0.958. The zero-order valence-corrected chi connectivity index (χ0v) is 17.2. The summed E-state index contributed by atoms with van der Waals surface area (Å²) in [6, 6.07) is 8.83. The van der Waals surface area contributed by atoms with Gasteiger partial charge in [0.2, 0.25) is 6.79 Å². The first kappa shape index (κ1) is 20.8. The third-order valence-electron chi connectivity index (χ3n) is 4.47. The maximum Gasteiger partial charge on any atom is 0.306 e. The molecule has 2 aromatic rings. The topological polar surface area (TPSA) is 83.1 Å². The Labute approximate surface area is 173 Å². The van der Waals surface area contributed by atoms with Gasteiger partial charge < -0.3 is 24.3 Å². The van der Waals surface area contributed by atoms with E-state index in [9.17, 15) is 9.59 Å². The van der Waals surface area contributed by atoms with Crippen molar-refractivity contribution >= 4 is 29.2 Å². The lowest BCUT2D eigenvalue weighted by Crippen LogP contribution is -2.30. The minimum Gasteiger partial charge on any atom is -0.495 e. The first-order chi connectivity index (χ1) is 13.9. The van der Waals surface area contributed by atoms with Crippen LogP contribution in [0.25, 0.3) is 0 Å². The Morgan fingerprint density at radius 3 is 2.72 bits per heavy atom. The molecule has 154 valence electrons. The monoisotopic (exact) mass is 419 g/mol. The number of aryl methyl sites for hydroxylation is 2. The fourth-order valence-corrected chi connectivity index (χ4v) is 2.97. The first-order valence-corrected chi connectivity index (χ1v) is 9.48. The van der Waals surface area contributed by atoms with Crippen molar-refractivity contribution in [2.45, 2.75) is 32.8 Å². The Morgan fingerprint density at radius 2 is 1.97 bits per heavy atom. The molecule has 0 aliphatic carbocycles. The number of methoxy groups -OCH3 is 1. The number of benzene rings is 2. The molecule has 0 aromatic heterocycles. The van der Waals surface area contributed by atoms with Gasteiger partial charge in [0.25, 0.3) is 5.91 Å². The Balaban J connectivity index is 1.53. The third kappa shape index (κ3) is 5.12. The lowest BCUT2D eigenvalue weighted by Gasteiger charge is -2.16. The molecule has 1 unspecified atom stereocenters. The van der Waals surface area contributed by atoms with E-state index in [0.717, 1.165) is 11.1 Å². The summed E-state index contributed by atoms with van der Waals surface area (Å²) < 4.78 is 21.1. The Hall–Kier alpha value is -2.93. The SMILES string of the molecule is COc1cc(Cl)c(C)cc1NC(=O)C(C)OC(=O)CCc1ccc2c(c1)OCO2. The number of hydrogen-bond acceptors (Lipinski definition) is 6. The second-order valence-electron chi connectivity index (χ2n) is 6.61. The summed E-state index contributed by atoms with van der Waals surface area (Å²) in [7, 11) is 1.48. The van der Waals surface area contributed by atoms with Gasteiger partial charge in [-0.3, -0.25) is 9.59 Å². The van der Waals surface area contributed by atoms with Crippen LogP contribution < -0.4 is 19.5 Å². The van der Waals surface area contributed by atoms with Crippen LogP contribution in [0.4, 0.5) is 5.69 Å². The van der Waals surface area contributed by atoms with Gasteiger partial charge in [-0.1, -0.05) is 17.7 Å². The standard InChI is InChI=1S/C21H22ClNO6/c1-12-8-16(18(26-3)10-15(12)22)23-21(25)13(2)29-20(24)7-5-14-4-6-17-19(9-14)28-11-27-17/h4,6,8-10,13H,5,7,11H2,1-3H3,(H,23,25). The van der Waals surface area contributed by atoms with E-state index in [1.54, 1.807) is 18.2 Å². The number of hydrogen-bond donors (Lipinski definition) is 1. The van der Waals surface area contributed by atoms with Crippen molar-refractivity contribution in [3.8, 4) is 17.2 Å². The summed E-state index contributed by atoms with van der Waals surface area (Å²) >= 11 is 6.07. The number of fused-ring (bicyclic) bond motifs is 1. The van der Waals surface area contributed by atoms with Gasteiger partial charge in [-0.15, -0.1) is 0 Å². The number of rotatable bonds is 7. The number of carbonyl (C=O) groups is 2. The molecule has 0 bridgehead atoms. The highest BCUT2D eigenvalue weighted by atomic mass is 35.5. The molecule has 0 radical (unpaired) electrons. The lowest BCUT2D eigenvalue weighted by atomic mass is 10.1. The molecular weight excluding hydrogens is 398 g/mol. The zero-order chi connectivity index (χ0) is 21.0. The van der Waals surface area contributed by atoms with Gasteiger partial charge in [0.15, 0.2) is 17.6 Å². The molecule has 29 heavy (non-hydrogen) atoms. The summed E-state index contributed by atoms with van der Waals surface area (Å²) in [6.45, 7) is 3.53. The number of nitrogens with one attached hydrogen (secondary N) is 1. The Bertz CT molecular complexity index is 930. The molecule has 2 aromatic carbocycles. The van der Waals surface area contributed by atoms with E-state index in [4.69, 9.17) is 30.5 Å². The number of amides is 1. The smallest absolute Gasteiger partial charge is 0.306 e. The van der Waals surface area contributed by atoms with Crippen LogP contribution >= 0.6 is 11.6 Å². The summed E-state index contributed by atoms with van der Waals surface area (Å²) in [5, 5.41) is 3.24. The number of esters is 1.